The number of nitrogens with one attached hydrogen (secondary N) is 2. The minimum atomic E-state index is -2.81. The number of aliphatic hydroxyl groups is 1. The Labute approximate surface area is 306 Å². The first-order valence-electron chi connectivity index (χ1n) is 17.7. The van der Waals surface area contributed by atoms with Gasteiger partial charge < -0.3 is 24.9 Å². The van der Waals surface area contributed by atoms with Crippen LogP contribution in [0.15, 0.2) is 60.2 Å². The van der Waals surface area contributed by atoms with Crippen LogP contribution in [-0.4, -0.2) is 66.5 Å². The summed E-state index contributed by atoms with van der Waals surface area (Å²) in [6.45, 7) is 12.0. The van der Waals surface area contributed by atoms with Crippen LogP contribution in [0.4, 0.5) is 31.8 Å². The Morgan fingerprint density at radius 3 is 2.58 bits per heavy atom. The lowest BCUT2D eigenvalue weighted by Crippen LogP contribution is -2.41. The molecule has 3 aliphatic rings. The number of carbonyl (C=O) groups excluding carboxylic acids is 2. The molecule has 0 radical (unpaired) electrons. The molecule has 12 nitrogen and oxygen atoms in total. The average molecular weight is 727 g/mol. The molecule has 3 aromatic heterocycles. The van der Waals surface area contributed by atoms with Crippen LogP contribution in [0.5, 0.6) is 0 Å². The smallest absolute Gasteiger partial charge is 0.293 e. The number of aromatic nitrogens is 4. The minimum absolute atomic E-state index is 0.0382. The first-order valence-corrected chi connectivity index (χ1v) is 17.7. The number of amides is 2. The van der Waals surface area contributed by atoms with Gasteiger partial charge in [-0.05, 0) is 73.6 Å². The molecule has 3 N–H and O–H groups in total. The van der Waals surface area contributed by atoms with Crippen LogP contribution >= 0.6 is 0 Å². The van der Waals surface area contributed by atoms with Crippen LogP contribution in [0.3, 0.4) is 0 Å². The van der Waals surface area contributed by atoms with E-state index >= 15 is 0 Å². The van der Waals surface area contributed by atoms with Crippen molar-refractivity contribution in [2.75, 3.05) is 35.2 Å². The number of aryl methyl sites for hydroxylation is 1. The zero-order valence-corrected chi connectivity index (χ0v) is 30.6. The summed E-state index contributed by atoms with van der Waals surface area (Å²) in [5, 5.41) is 16.6. The third-order valence-electron chi connectivity index (χ3n) is 10.8. The van der Waals surface area contributed by atoms with E-state index in [1.165, 1.54) is 15.8 Å². The number of alkyl halides is 2. The normalized spacial score (nSPS) is 17.8. The highest BCUT2D eigenvalue weighted by atomic mass is 19.3. The quantitative estimate of drug-likeness (QED) is 0.196. The summed E-state index contributed by atoms with van der Waals surface area (Å²) in [4.78, 5) is 52.3. The standard InChI is InChI=1S/C39H44F2N8O4/c1-7-32(51)44-28-17-24(8-9-27(28)38(4,5)47-13-11-39(40,41)22-47)43-33-36(53)46(6)20-29(45-33)25-10-12-42-34(26(25)21-50)49-15-14-48-30(35(49)52)16-23-18-37(2,3)19-31(23)48/h7-10,12,16-17,20,50H,1,11,13-15,18-19,21-22H2,2-6H3,(H,43,45)(H,44,51). The highest BCUT2D eigenvalue weighted by molar-refractivity contribution is 6.06. The fourth-order valence-electron chi connectivity index (χ4n) is 8.00. The van der Waals surface area contributed by atoms with Crippen molar-refractivity contribution >= 4 is 34.8 Å². The Hall–Kier alpha value is -5.21. The van der Waals surface area contributed by atoms with E-state index in [-0.39, 0.29) is 30.1 Å². The molecule has 0 spiro atoms. The molecule has 1 aromatic carbocycles. The van der Waals surface area contributed by atoms with Gasteiger partial charge in [-0.25, -0.2) is 18.7 Å². The molecule has 278 valence electrons. The highest BCUT2D eigenvalue weighted by Crippen LogP contribution is 2.42. The molecule has 0 saturated carbocycles. The molecule has 1 aliphatic carbocycles. The van der Waals surface area contributed by atoms with Crippen molar-refractivity contribution in [1.82, 2.24) is 24.0 Å². The summed E-state index contributed by atoms with van der Waals surface area (Å²) in [5.41, 5.74) is 4.47. The largest absolute Gasteiger partial charge is 0.392 e. The number of hydrogen-bond acceptors (Lipinski definition) is 8. The van der Waals surface area contributed by atoms with Gasteiger partial charge in [-0.15, -0.1) is 0 Å². The Kier molecular flexibility index (Phi) is 8.89. The predicted molar refractivity (Wildman–Crippen MR) is 199 cm³/mol. The molecular weight excluding hydrogens is 682 g/mol. The van der Waals surface area contributed by atoms with E-state index in [2.05, 4.69) is 45.6 Å². The fourth-order valence-corrected chi connectivity index (χ4v) is 8.00. The number of benzene rings is 1. The topological polar surface area (TPSA) is 138 Å². The maximum absolute atomic E-state index is 14.2. The summed E-state index contributed by atoms with van der Waals surface area (Å²) in [7, 11) is 1.58. The fraction of sp³-hybridized carbons (Fsp3) is 0.410. The first-order chi connectivity index (χ1) is 25.0. The molecule has 14 heteroatoms. The second kappa shape index (κ2) is 13.0. The van der Waals surface area contributed by atoms with Gasteiger partial charge in [-0.1, -0.05) is 26.5 Å². The third kappa shape index (κ3) is 6.54. The van der Waals surface area contributed by atoms with Gasteiger partial charge in [0, 0.05) is 79.2 Å². The Bertz CT molecular complexity index is 2220. The Morgan fingerprint density at radius 2 is 1.89 bits per heavy atom. The van der Waals surface area contributed by atoms with Crippen molar-refractivity contribution in [3.63, 3.8) is 0 Å². The number of hydrogen-bond donors (Lipinski definition) is 3. The number of nitrogens with zero attached hydrogens (tertiary/aromatic N) is 6. The number of fused-ring (bicyclic) bond motifs is 3. The van der Waals surface area contributed by atoms with E-state index in [1.54, 1.807) is 53.5 Å². The molecule has 7 rings (SSSR count). The van der Waals surface area contributed by atoms with Crippen molar-refractivity contribution in [2.45, 2.75) is 71.6 Å². The average Bonchev–Trinajstić information content (AvgIpc) is 3.75. The summed E-state index contributed by atoms with van der Waals surface area (Å²) in [6, 6.07) is 8.72. The van der Waals surface area contributed by atoms with Gasteiger partial charge in [-0.2, -0.15) is 0 Å². The molecule has 2 aliphatic heterocycles. The lowest BCUT2D eigenvalue weighted by Gasteiger charge is -2.37. The van der Waals surface area contributed by atoms with Crippen LogP contribution in [0, 0.1) is 5.41 Å². The van der Waals surface area contributed by atoms with E-state index in [0.717, 1.165) is 18.9 Å². The Balaban J connectivity index is 1.21. The summed E-state index contributed by atoms with van der Waals surface area (Å²) in [6.07, 6.45) is 5.79. The molecule has 5 heterocycles. The van der Waals surface area contributed by atoms with Crippen LogP contribution in [0.2, 0.25) is 0 Å². The highest BCUT2D eigenvalue weighted by Gasteiger charge is 2.45. The molecular formula is C39H44F2N8O4. The minimum Gasteiger partial charge on any atom is -0.392 e. The van der Waals surface area contributed by atoms with Gasteiger partial charge >= 0.3 is 0 Å². The predicted octanol–water partition coefficient (Wildman–Crippen LogP) is 5.37. The summed E-state index contributed by atoms with van der Waals surface area (Å²) in [5.74, 6) is -3.20. The van der Waals surface area contributed by atoms with Crippen LogP contribution < -0.4 is 21.1 Å². The molecule has 0 bridgehead atoms. The molecule has 53 heavy (non-hydrogen) atoms. The summed E-state index contributed by atoms with van der Waals surface area (Å²) >= 11 is 0. The number of aliphatic hydroxyl groups excluding tert-OH is 1. The maximum Gasteiger partial charge on any atom is 0.293 e. The van der Waals surface area contributed by atoms with Crippen molar-refractivity contribution in [3.05, 3.63) is 93.8 Å². The molecule has 4 aromatic rings. The van der Waals surface area contributed by atoms with Gasteiger partial charge in [0.2, 0.25) is 5.91 Å². The van der Waals surface area contributed by atoms with E-state index in [0.29, 0.717) is 58.4 Å². The van der Waals surface area contributed by atoms with E-state index in [9.17, 15) is 28.3 Å². The second-order valence-electron chi connectivity index (χ2n) is 15.5. The van der Waals surface area contributed by atoms with Crippen LogP contribution in [-0.2, 0) is 43.4 Å². The number of halogens is 2. The first kappa shape index (κ1) is 36.2. The number of pyridine rings is 1. The number of rotatable bonds is 9. The van der Waals surface area contributed by atoms with E-state index in [1.807, 2.05) is 19.9 Å². The maximum atomic E-state index is 14.2. The lowest BCUT2D eigenvalue weighted by molar-refractivity contribution is -0.111. The van der Waals surface area contributed by atoms with Crippen molar-refractivity contribution in [1.29, 1.82) is 0 Å². The molecule has 0 atom stereocenters. The van der Waals surface area contributed by atoms with E-state index in [4.69, 9.17) is 0 Å². The van der Waals surface area contributed by atoms with Gasteiger partial charge in [0.25, 0.3) is 17.4 Å². The van der Waals surface area contributed by atoms with Crippen LogP contribution in [0.1, 0.15) is 67.0 Å². The van der Waals surface area contributed by atoms with Gasteiger partial charge in [0.15, 0.2) is 5.82 Å². The second-order valence-corrected chi connectivity index (χ2v) is 15.5. The zero-order valence-electron chi connectivity index (χ0n) is 30.6. The van der Waals surface area contributed by atoms with Gasteiger partial charge in [-0.3, -0.25) is 24.2 Å². The molecule has 1 fully saturated rings. The molecule has 2 amide bonds. The SMILES string of the molecule is C=CC(=O)Nc1cc(Nc2nc(-c3ccnc(N4CCn5c(cc6c5CC(C)(C)C6)C4=O)c3CO)cn(C)c2=O)ccc1C(C)(C)N1CCC(F)(F)C1. The third-order valence-corrected chi connectivity index (χ3v) is 10.8. The summed E-state index contributed by atoms with van der Waals surface area (Å²) < 4.78 is 31.9. The molecule has 1 saturated heterocycles. The van der Waals surface area contributed by atoms with Crippen LogP contribution in [0.25, 0.3) is 11.3 Å². The monoisotopic (exact) mass is 726 g/mol. The van der Waals surface area contributed by atoms with Crippen molar-refractivity contribution in [2.24, 2.45) is 12.5 Å². The zero-order chi connectivity index (χ0) is 38.0. The number of likely N-dealkylation sites (tertiary alicyclic amines) is 1. The molecule has 0 unspecified atom stereocenters. The number of anilines is 4. The van der Waals surface area contributed by atoms with E-state index < -0.39 is 36.1 Å². The lowest BCUT2D eigenvalue weighted by atomic mass is 9.90. The van der Waals surface area contributed by atoms with Crippen molar-refractivity contribution < 1.29 is 23.5 Å². The Morgan fingerprint density at radius 1 is 1.11 bits per heavy atom. The number of carbonyl (C=O) groups is 2. The van der Waals surface area contributed by atoms with Crippen molar-refractivity contribution in [3.8, 4) is 11.3 Å². The van der Waals surface area contributed by atoms with Gasteiger partial charge in [0.1, 0.15) is 11.5 Å². The van der Waals surface area contributed by atoms with Gasteiger partial charge in [0.05, 0.1) is 18.8 Å².